The molecule has 84 valence electrons. The molecule has 0 aliphatic heterocycles. The molecular formula is C12H15N3O. The first kappa shape index (κ1) is 10.7. The van der Waals surface area contributed by atoms with E-state index in [1.165, 1.54) is 0 Å². The topological polar surface area (TPSA) is 51.0 Å². The van der Waals surface area contributed by atoms with Crippen LogP contribution in [-0.4, -0.2) is 16.7 Å². The van der Waals surface area contributed by atoms with Crippen LogP contribution in [-0.2, 0) is 0 Å². The lowest BCUT2D eigenvalue weighted by Crippen LogP contribution is -2.01. The number of nitrogens with one attached hydrogen (secondary N) is 1. The van der Waals surface area contributed by atoms with Crippen molar-refractivity contribution >= 4 is 5.69 Å². The molecule has 16 heavy (non-hydrogen) atoms. The average molecular weight is 217 g/mol. The van der Waals surface area contributed by atoms with Gasteiger partial charge in [0.1, 0.15) is 0 Å². The highest BCUT2D eigenvalue weighted by Gasteiger charge is 2.09. The summed E-state index contributed by atoms with van der Waals surface area (Å²) in [6.07, 6.45) is 1.08. The second-order valence-electron chi connectivity index (χ2n) is 3.60. The summed E-state index contributed by atoms with van der Waals surface area (Å²) >= 11 is 0. The van der Waals surface area contributed by atoms with Crippen LogP contribution in [0, 0.1) is 6.92 Å². The zero-order chi connectivity index (χ0) is 11.4. The van der Waals surface area contributed by atoms with Crippen molar-refractivity contribution in [3.63, 3.8) is 0 Å². The fourth-order valence-corrected chi connectivity index (χ4v) is 1.49. The summed E-state index contributed by atoms with van der Waals surface area (Å²) in [5.74, 6) is 1.15. The van der Waals surface area contributed by atoms with Gasteiger partial charge in [-0.3, -0.25) is 0 Å². The molecular weight excluding hydrogens is 202 g/mol. The van der Waals surface area contributed by atoms with E-state index in [4.69, 9.17) is 4.42 Å². The van der Waals surface area contributed by atoms with Crippen molar-refractivity contribution in [3.8, 4) is 11.5 Å². The van der Waals surface area contributed by atoms with Crippen molar-refractivity contribution < 1.29 is 4.42 Å². The molecule has 0 aliphatic rings. The van der Waals surface area contributed by atoms with Crippen LogP contribution in [0.3, 0.4) is 0 Å². The molecule has 0 atom stereocenters. The fraction of sp³-hybridized carbons (Fsp3) is 0.333. The lowest BCUT2D eigenvalue weighted by Gasteiger charge is -2.07. The Balaban J connectivity index is 2.32. The van der Waals surface area contributed by atoms with Gasteiger partial charge in [0.05, 0.1) is 5.56 Å². The van der Waals surface area contributed by atoms with Crippen molar-refractivity contribution in [1.82, 2.24) is 10.2 Å². The molecule has 0 fully saturated rings. The average Bonchev–Trinajstić information content (AvgIpc) is 2.73. The maximum atomic E-state index is 5.43. The third-order valence-corrected chi connectivity index (χ3v) is 2.25. The van der Waals surface area contributed by atoms with Crippen molar-refractivity contribution in [2.45, 2.75) is 20.3 Å². The Morgan fingerprint density at radius 1 is 1.25 bits per heavy atom. The van der Waals surface area contributed by atoms with Gasteiger partial charge in [-0.15, -0.1) is 10.2 Å². The molecule has 4 heteroatoms. The molecule has 1 N–H and O–H groups in total. The van der Waals surface area contributed by atoms with Gasteiger partial charge in [-0.25, -0.2) is 0 Å². The van der Waals surface area contributed by atoms with Gasteiger partial charge >= 0.3 is 0 Å². The maximum absolute atomic E-state index is 5.43. The Labute approximate surface area is 94.7 Å². The number of rotatable bonds is 4. The number of benzene rings is 1. The molecule has 2 aromatic rings. The number of aryl methyl sites for hydroxylation is 1. The lowest BCUT2D eigenvalue weighted by atomic mass is 10.1. The van der Waals surface area contributed by atoms with Gasteiger partial charge in [-0.05, 0) is 18.6 Å². The van der Waals surface area contributed by atoms with Crippen molar-refractivity contribution in [2.24, 2.45) is 0 Å². The molecule has 1 aromatic heterocycles. The minimum atomic E-state index is 0.566. The SMILES string of the molecule is CCCNc1ccccc1-c1nnc(C)o1. The van der Waals surface area contributed by atoms with E-state index in [1.807, 2.05) is 24.3 Å². The summed E-state index contributed by atoms with van der Waals surface area (Å²) in [4.78, 5) is 0. The first-order chi connectivity index (χ1) is 7.81. The summed E-state index contributed by atoms with van der Waals surface area (Å²) in [5, 5.41) is 11.2. The summed E-state index contributed by atoms with van der Waals surface area (Å²) in [7, 11) is 0. The van der Waals surface area contributed by atoms with Gasteiger partial charge in [0.25, 0.3) is 0 Å². The molecule has 0 spiro atoms. The molecule has 2 rings (SSSR count). The van der Waals surface area contributed by atoms with E-state index in [9.17, 15) is 0 Å². The molecule has 1 heterocycles. The lowest BCUT2D eigenvalue weighted by molar-refractivity contribution is 0.533. The monoisotopic (exact) mass is 217 g/mol. The minimum Gasteiger partial charge on any atom is -0.421 e. The Morgan fingerprint density at radius 3 is 2.75 bits per heavy atom. The summed E-state index contributed by atoms with van der Waals surface area (Å²) in [5.41, 5.74) is 1.99. The van der Waals surface area contributed by atoms with Crippen molar-refractivity contribution in [3.05, 3.63) is 30.2 Å². The zero-order valence-corrected chi connectivity index (χ0v) is 9.53. The zero-order valence-electron chi connectivity index (χ0n) is 9.53. The quantitative estimate of drug-likeness (QED) is 0.855. The minimum absolute atomic E-state index is 0.566. The van der Waals surface area contributed by atoms with E-state index < -0.39 is 0 Å². The van der Waals surface area contributed by atoms with Gasteiger partial charge in [-0.1, -0.05) is 19.1 Å². The van der Waals surface area contributed by atoms with E-state index in [0.717, 1.165) is 24.2 Å². The fourth-order valence-electron chi connectivity index (χ4n) is 1.49. The standard InChI is InChI=1S/C12H15N3O/c1-3-8-13-11-7-5-4-6-10(11)12-15-14-9(2)16-12/h4-7,13H,3,8H2,1-2H3. The smallest absolute Gasteiger partial charge is 0.249 e. The molecule has 0 bridgehead atoms. The summed E-state index contributed by atoms with van der Waals surface area (Å²) in [6.45, 7) is 4.86. The van der Waals surface area contributed by atoms with Gasteiger partial charge in [0.15, 0.2) is 0 Å². The third-order valence-electron chi connectivity index (χ3n) is 2.25. The number of anilines is 1. The molecule has 4 nitrogen and oxygen atoms in total. The predicted octanol–water partition coefficient (Wildman–Crippen LogP) is 2.87. The molecule has 0 amide bonds. The van der Waals surface area contributed by atoms with Crippen LogP contribution in [0.4, 0.5) is 5.69 Å². The highest BCUT2D eigenvalue weighted by molar-refractivity contribution is 5.72. The Kier molecular flexibility index (Phi) is 3.19. The first-order valence-corrected chi connectivity index (χ1v) is 5.44. The second-order valence-corrected chi connectivity index (χ2v) is 3.60. The molecule has 1 aromatic carbocycles. The molecule has 0 unspecified atom stereocenters. The third kappa shape index (κ3) is 2.21. The van der Waals surface area contributed by atoms with Gasteiger partial charge < -0.3 is 9.73 Å². The largest absolute Gasteiger partial charge is 0.421 e. The predicted molar refractivity (Wildman–Crippen MR) is 63.3 cm³/mol. The Morgan fingerprint density at radius 2 is 2.06 bits per heavy atom. The van der Waals surface area contributed by atoms with Crippen LogP contribution in [0.15, 0.2) is 28.7 Å². The summed E-state index contributed by atoms with van der Waals surface area (Å²) in [6, 6.07) is 7.95. The van der Waals surface area contributed by atoms with Crippen molar-refractivity contribution in [2.75, 3.05) is 11.9 Å². The second kappa shape index (κ2) is 4.79. The molecule has 0 radical (unpaired) electrons. The highest BCUT2D eigenvalue weighted by Crippen LogP contribution is 2.26. The first-order valence-electron chi connectivity index (χ1n) is 5.44. The van der Waals surface area contributed by atoms with Crippen LogP contribution in [0.5, 0.6) is 0 Å². The van der Waals surface area contributed by atoms with E-state index in [-0.39, 0.29) is 0 Å². The van der Waals surface area contributed by atoms with Crippen LogP contribution >= 0.6 is 0 Å². The Hall–Kier alpha value is -1.84. The molecule has 0 aliphatic carbocycles. The summed E-state index contributed by atoms with van der Waals surface area (Å²) < 4.78 is 5.43. The van der Waals surface area contributed by atoms with Crippen molar-refractivity contribution in [1.29, 1.82) is 0 Å². The molecule has 0 saturated heterocycles. The number of nitrogens with zero attached hydrogens (tertiary/aromatic N) is 2. The van der Waals surface area contributed by atoms with Gasteiger partial charge in [-0.2, -0.15) is 0 Å². The van der Waals surface area contributed by atoms with Crippen LogP contribution < -0.4 is 5.32 Å². The number of aromatic nitrogens is 2. The van der Waals surface area contributed by atoms with E-state index >= 15 is 0 Å². The van der Waals surface area contributed by atoms with Crippen LogP contribution in [0.2, 0.25) is 0 Å². The van der Waals surface area contributed by atoms with Crippen LogP contribution in [0.1, 0.15) is 19.2 Å². The number of hydrogen-bond donors (Lipinski definition) is 1. The molecule has 0 saturated carbocycles. The number of hydrogen-bond acceptors (Lipinski definition) is 4. The van der Waals surface area contributed by atoms with E-state index in [2.05, 4.69) is 22.4 Å². The van der Waals surface area contributed by atoms with E-state index in [0.29, 0.717) is 11.8 Å². The highest BCUT2D eigenvalue weighted by atomic mass is 16.4. The number of para-hydroxylation sites is 1. The van der Waals surface area contributed by atoms with Crippen LogP contribution in [0.25, 0.3) is 11.5 Å². The van der Waals surface area contributed by atoms with E-state index in [1.54, 1.807) is 6.92 Å². The maximum Gasteiger partial charge on any atom is 0.249 e. The van der Waals surface area contributed by atoms with Gasteiger partial charge in [0.2, 0.25) is 11.8 Å². The normalized spacial score (nSPS) is 10.4. The Bertz CT molecular complexity index is 465. The van der Waals surface area contributed by atoms with Gasteiger partial charge in [0, 0.05) is 19.2 Å².